The molecule has 0 aliphatic rings. The van der Waals surface area contributed by atoms with E-state index in [0.717, 1.165) is 64.2 Å². The topological polar surface area (TPSA) is 43.4 Å². The zero-order chi connectivity index (χ0) is 15.8. The molecule has 3 nitrogen and oxygen atoms in total. The maximum Gasteiger partial charge on any atom is 0.132 e. The number of hydrogen-bond donors (Lipinski definition) is 0. The van der Waals surface area contributed by atoms with Gasteiger partial charge in [-0.2, -0.15) is 0 Å². The molecule has 0 radical (unpaired) electrons. The lowest BCUT2D eigenvalue weighted by molar-refractivity contribution is -0.120. The second kappa shape index (κ2) is 15.7. The zero-order valence-electron chi connectivity index (χ0n) is 14.1. The predicted molar refractivity (Wildman–Crippen MR) is 87.6 cm³/mol. The van der Waals surface area contributed by atoms with Gasteiger partial charge in [0, 0.05) is 38.9 Å². The van der Waals surface area contributed by atoms with Crippen LogP contribution in [0, 0.1) is 0 Å². The standard InChI is InChI=1S/C18H34O3/c1-3-5-7-11-17(19)13-9-15-21-16-10-14-18(20)12-8-6-4-2/h3-16H2,1-2H3. The van der Waals surface area contributed by atoms with Crippen molar-refractivity contribution in [2.45, 2.75) is 90.9 Å². The van der Waals surface area contributed by atoms with Crippen LogP contribution in [0.2, 0.25) is 0 Å². The Morgan fingerprint density at radius 3 is 1.38 bits per heavy atom. The van der Waals surface area contributed by atoms with E-state index in [4.69, 9.17) is 4.74 Å². The third-order valence-electron chi connectivity index (χ3n) is 3.61. The van der Waals surface area contributed by atoms with E-state index in [9.17, 15) is 9.59 Å². The van der Waals surface area contributed by atoms with E-state index in [-0.39, 0.29) is 0 Å². The van der Waals surface area contributed by atoms with Gasteiger partial charge in [-0.05, 0) is 25.7 Å². The van der Waals surface area contributed by atoms with Crippen molar-refractivity contribution in [3.8, 4) is 0 Å². The summed E-state index contributed by atoms with van der Waals surface area (Å²) < 4.78 is 5.48. The van der Waals surface area contributed by atoms with E-state index in [1.165, 1.54) is 0 Å². The number of unbranched alkanes of at least 4 members (excludes halogenated alkanes) is 4. The molecular formula is C18H34O3. The van der Waals surface area contributed by atoms with Gasteiger partial charge in [0.2, 0.25) is 0 Å². The number of carbonyl (C=O) groups is 2. The summed E-state index contributed by atoms with van der Waals surface area (Å²) in [5.41, 5.74) is 0. The molecule has 0 aliphatic heterocycles. The Morgan fingerprint density at radius 1 is 0.619 bits per heavy atom. The Hall–Kier alpha value is -0.700. The molecule has 0 saturated carbocycles. The van der Waals surface area contributed by atoms with Gasteiger partial charge in [0.25, 0.3) is 0 Å². The third-order valence-corrected chi connectivity index (χ3v) is 3.61. The van der Waals surface area contributed by atoms with Crippen LogP contribution in [0.4, 0.5) is 0 Å². The smallest absolute Gasteiger partial charge is 0.132 e. The first kappa shape index (κ1) is 20.3. The average molecular weight is 298 g/mol. The van der Waals surface area contributed by atoms with Crippen LogP contribution in [-0.2, 0) is 14.3 Å². The highest BCUT2D eigenvalue weighted by Gasteiger charge is 2.03. The van der Waals surface area contributed by atoms with Crippen molar-refractivity contribution in [1.29, 1.82) is 0 Å². The molecule has 0 aromatic carbocycles. The summed E-state index contributed by atoms with van der Waals surface area (Å²) in [5, 5.41) is 0. The Balaban J connectivity index is 3.24. The number of carbonyl (C=O) groups excluding carboxylic acids is 2. The summed E-state index contributed by atoms with van der Waals surface area (Å²) >= 11 is 0. The van der Waals surface area contributed by atoms with Crippen LogP contribution in [0.25, 0.3) is 0 Å². The minimum atomic E-state index is 0.359. The van der Waals surface area contributed by atoms with Gasteiger partial charge in [-0.1, -0.05) is 39.5 Å². The maximum atomic E-state index is 11.5. The SMILES string of the molecule is CCCCCC(=O)CCCOCCCC(=O)CCCCC. The molecule has 0 saturated heterocycles. The normalized spacial score (nSPS) is 10.8. The van der Waals surface area contributed by atoms with Crippen LogP contribution in [-0.4, -0.2) is 24.8 Å². The third kappa shape index (κ3) is 15.5. The van der Waals surface area contributed by atoms with Gasteiger partial charge in [-0.15, -0.1) is 0 Å². The fourth-order valence-electron chi connectivity index (χ4n) is 2.24. The van der Waals surface area contributed by atoms with Crippen molar-refractivity contribution in [3.63, 3.8) is 0 Å². The molecule has 21 heavy (non-hydrogen) atoms. The summed E-state index contributed by atoms with van der Waals surface area (Å²) in [5.74, 6) is 0.719. The second-order valence-electron chi connectivity index (χ2n) is 5.81. The number of ether oxygens (including phenoxy) is 1. The molecule has 0 spiro atoms. The van der Waals surface area contributed by atoms with Gasteiger partial charge in [0.05, 0.1) is 0 Å². The summed E-state index contributed by atoms with van der Waals surface area (Å²) in [7, 11) is 0. The summed E-state index contributed by atoms with van der Waals surface area (Å²) in [6.07, 6.45) is 11.0. The molecule has 0 aromatic rings. The lowest BCUT2D eigenvalue weighted by Crippen LogP contribution is -2.04. The molecule has 0 aliphatic carbocycles. The molecule has 0 bridgehead atoms. The molecular weight excluding hydrogens is 264 g/mol. The Labute approximate surface area is 130 Å². The lowest BCUT2D eigenvalue weighted by Gasteiger charge is -2.04. The van der Waals surface area contributed by atoms with Gasteiger partial charge in [0.15, 0.2) is 0 Å². The van der Waals surface area contributed by atoms with Crippen LogP contribution < -0.4 is 0 Å². The number of hydrogen-bond acceptors (Lipinski definition) is 3. The average Bonchev–Trinajstić information content (AvgIpc) is 2.47. The number of rotatable bonds is 16. The molecule has 0 amide bonds. The molecule has 124 valence electrons. The number of ketones is 2. The van der Waals surface area contributed by atoms with Crippen molar-refractivity contribution in [2.24, 2.45) is 0 Å². The van der Waals surface area contributed by atoms with Gasteiger partial charge >= 0.3 is 0 Å². The van der Waals surface area contributed by atoms with Gasteiger partial charge in [-0.25, -0.2) is 0 Å². The summed E-state index contributed by atoms with van der Waals surface area (Å²) in [6, 6.07) is 0. The summed E-state index contributed by atoms with van der Waals surface area (Å²) in [4.78, 5) is 23.0. The quantitative estimate of drug-likeness (QED) is 0.382. The van der Waals surface area contributed by atoms with E-state index in [1.807, 2.05) is 0 Å². The molecule has 3 heteroatoms. The van der Waals surface area contributed by atoms with E-state index in [0.29, 0.717) is 37.6 Å². The first-order valence-electron chi connectivity index (χ1n) is 8.81. The molecule has 0 atom stereocenters. The molecule has 0 heterocycles. The van der Waals surface area contributed by atoms with Crippen LogP contribution in [0.15, 0.2) is 0 Å². The maximum absolute atomic E-state index is 11.5. The molecule has 0 N–H and O–H groups in total. The Kier molecular flexibility index (Phi) is 15.2. The Bertz CT molecular complexity index is 235. The fraction of sp³-hybridized carbons (Fsp3) is 0.889. The largest absolute Gasteiger partial charge is 0.381 e. The minimum Gasteiger partial charge on any atom is -0.381 e. The van der Waals surface area contributed by atoms with E-state index in [1.54, 1.807) is 0 Å². The van der Waals surface area contributed by atoms with Crippen molar-refractivity contribution < 1.29 is 14.3 Å². The zero-order valence-corrected chi connectivity index (χ0v) is 14.1. The minimum absolute atomic E-state index is 0.359. The van der Waals surface area contributed by atoms with Gasteiger partial charge < -0.3 is 4.74 Å². The Morgan fingerprint density at radius 2 is 1.00 bits per heavy atom. The van der Waals surface area contributed by atoms with Crippen LogP contribution in [0.3, 0.4) is 0 Å². The molecule has 0 unspecified atom stereocenters. The highest BCUT2D eigenvalue weighted by molar-refractivity contribution is 5.78. The highest BCUT2D eigenvalue weighted by Crippen LogP contribution is 2.05. The van der Waals surface area contributed by atoms with Gasteiger partial charge in [0.1, 0.15) is 11.6 Å². The predicted octanol–water partition coefficient (Wildman–Crippen LogP) is 4.86. The first-order valence-corrected chi connectivity index (χ1v) is 8.81. The van der Waals surface area contributed by atoms with E-state index >= 15 is 0 Å². The number of Topliss-reactive ketones (excluding diaryl/α,β-unsaturated/α-hetero) is 2. The molecule has 0 rings (SSSR count). The van der Waals surface area contributed by atoms with Crippen LogP contribution in [0.5, 0.6) is 0 Å². The second-order valence-corrected chi connectivity index (χ2v) is 5.81. The molecule has 0 aromatic heterocycles. The van der Waals surface area contributed by atoms with Crippen molar-refractivity contribution in [1.82, 2.24) is 0 Å². The van der Waals surface area contributed by atoms with Crippen molar-refractivity contribution in [3.05, 3.63) is 0 Å². The highest BCUT2D eigenvalue weighted by atomic mass is 16.5. The van der Waals surface area contributed by atoms with Gasteiger partial charge in [-0.3, -0.25) is 9.59 Å². The first-order chi connectivity index (χ1) is 10.2. The van der Waals surface area contributed by atoms with Crippen LogP contribution >= 0.6 is 0 Å². The lowest BCUT2D eigenvalue weighted by atomic mass is 10.1. The van der Waals surface area contributed by atoms with Crippen molar-refractivity contribution in [2.75, 3.05) is 13.2 Å². The molecule has 0 fully saturated rings. The van der Waals surface area contributed by atoms with Crippen LogP contribution in [0.1, 0.15) is 90.9 Å². The monoisotopic (exact) mass is 298 g/mol. The van der Waals surface area contributed by atoms with E-state index < -0.39 is 0 Å². The fourth-order valence-corrected chi connectivity index (χ4v) is 2.24. The van der Waals surface area contributed by atoms with E-state index in [2.05, 4.69) is 13.8 Å². The summed E-state index contributed by atoms with van der Waals surface area (Å²) in [6.45, 7) is 5.58. The van der Waals surface area contributed by atoms with Crippen molar-refractivity contribution >= 4 is 11.6 Å².